The standard InChI is InChI=1S/C7H11N/c1-6(2)7(3)4-5-8/h4-5,8H,1H2,2-3H3/p+1/b7-4-,8-5?. The van der Waals surface area contributed by atoms with E-state index in [4.69, 9.17) is 5.41 Å². The fraction of sp³-hybridized carbons (Fsp3) is 0.286. The Kier molecular flexibility index (Phi) is 2.85. The molecule has 44 valence electrons. The van der Waals surface area contributed by atoms with Gasteiger partial charge in [-0.25, -0.2) is 0 Å². The molecule has 0 radical (unpaired) electrons. The summed E-state index contributed by atoms with van der Waals surface area (Å²) in [6, 6.07) is 0. The average Bonchev–Trinajstić information content (AvgIpc) is 1.67. The van der Waals surface area contributed by atoms with E-state index in [0.29, 0.717) is 0 Å². The van der Waals surface area contributed by atoms with Gasteiger partial charge in [-0.1, -0.05) is 12.2 Å². The third-order valence-corrected chi connectivity index (χ3v) is 1.02. The second-order valence-corrected chi connectivity index (χ2v) is 1.82. The van der Waals surface area contributed by atoms with Gasteiger partial charge in [-0.05, 0) is 19.4 Å². The van der Waals surface area contributed by atoms with Gasteiger partial charge in [0, 0.05) is 6.08 Å². The Bertz CT molecular complexity index is 131. The normalized spacial score (nSPS) is 11.0. The van der Waals surface area contributed by atoms with Crippen molar-refractivity contribution >= 4 is 6.21 Å². The smallest absolute Gasteiger partial charge is 0.160 e. The number of allylic oxidation sites excluding steroid dienone is 3. The molecule has 0 unspecified atom stereocenters. The lowest BCUT2D eigenvalue weighted by atomic mass is 10.1. The summed E-state index contributed by atoms with van der Waals surface area (Å²) in [4.78, 5) is 0. The maximum atomic E-state index is 5.12. The second kappa shape index (κ2) is 3.19. The monoisotopic (exact) mass is 110 g/mol. The highest BCUT2D eigenvalue weighted by molar-refractivity contribution is 5.67. The Morgan fingerprint density at radius 1 is 1.50 bits per heavy atom. The third-order valence-electron chi connectivity index (χ3n) is 1.02. The summed E-state index contributed by atoms with van der Waals surface area (Å²) in [5, 5.41) is 5.12. The van der Waals surface area contributed by atoms with Gasteiger partial charge in [0.15, 0.2) is 6.21 Å². The fourth-order valence-electron chi connectivity index (χ4n) is 0.287. The molecule has 0 saturated heterocycles. The summed E-state index contributed by atoms with van der Waals surface area (Å²) in [5.41, 5.74) is 2.19. The highest BCUT2D eigenvalue weighted by atomic mass is 14.3. The molecular formula is C7H12N+. The maximum absolute atomic E-state index is 5.12. The molecule has 0 saturated carbocycles. The van der Waals surface area contributed by atoms with Crippen LogP contribution in [0.1, 0.15) is 13.8 Å². The molecule has 0 aliphatic carbocycles. The molecule has 2 N–H and O–H groups in total. The van der Waals surface area contributed by atoms with Crippen LogP contribution in [-0.4, -0.2) is 6.21 Å². The second-order valence-electron chi connectivity index (χ2n) is 1.82. The molecule has 0 aliphatic rings. The van der Waals surface area contributed by atoms with Gasteiger partial charge in [0.1, 0.15) is 0 Å². The Morgan fingerprint density at radius 3 is 2.12 bits per heavy atom. The van der Waals surface area contributed by atoms with Crippen LogP contribution < -0.4 is 5.41 Å². The first-order valence-electron chi connectivity index (χ1n) is 2.56. The fourth-order valence-corrected chi connectivity index (χ4v) is 0.287. The van der Waals surface area contributed by atoms with Gasteiger partial charge < -0.3 is 0 Å². The van der Waals surface area contributed by atoms with Crippen molar-refractivity contribution in [2.24, 2.45) is 0 Å². The highest BCUT2D eigenvalue weighted by Crippen LogP contribution is 2.01. The van der Waals surface area contributed by atoms with E-state index >= 15 is 0 Å². The molecule has 0 heterocycles. The first kappa shape index (κ1) is 7.15. The average molecular weight is 110 g/mol. The van der Waals surface area contributed by atoms with Gasteiger partial charge in [-0.2, -0.15) is 0 Å². The van der Waals surface area contributed by atoms with Crippen molar-refractivity contribution < 1.29 is 5.41 Å². The lowest BCUT2D eigenvalue weighted by Gasteiger charge is -1.91. The summed E-state index contributed by atoms with van der Waals surface area (Å²) in [6.45, 7) is 7.66. The molecule has 8 heavy (non-hydrogen) atoms. The zero-order valence-electron chi connectivity index (χ0n) is 5.44. The van der Waals surface area contributed by atoms with Gasteiger partial charge >= 0.3 is 0 Å². The number of rotatable bonds is 2. The van der Waals surface area contributed by atoms with Crippen LogP contribution in [0.25, 0.3) is 0 Å². The van der Waals surface area contributed by atoms with Crippen LogP contribution in [0.15, 0.2) is 23.8 Å². The van der Waals surface area contributed by atoms with Crippen LogP contribution in [0.2, 0.25) is 0 Å². The lowest BCUT2D eigenvalue weighted by molar-refractivity contribution is -0.104. The Morgan fingerprint density at radius 2 is 2.00 bits per heavy atom. The number of nitrogens with two attached hydrogens (primary N) is 1. The van der Waals surface area contributed by atoms with E-state index in [1.54, 1.807) is 0 Å². The molecular weight excluding hydrogens is 98.1 g/mol. The van der Waals surface area contributed by atoms with Gasteiger partial charge in [-0.3, -0.25) is 5.41 Å². The van der Waals surface area contributed by atoms with Crippen LogP contribution in [0.3, 0.4) is 0 Å². The zero-order valence-corrected chi connectivity index (χ0v) is 5.44. The van der Waals surface area contributed by atoms with E-state index in [2.05, 4.69) is 6.58 Å². The van der Waals surface area contributed by atoms with Crippen molar-refractivity contribution in [1.29, 1.82) is 0 Å². The molecule has 1 heteroatoms. The largest absolute Gasteiger partial charge is 0.260 e. The number of hydrogen-bond acceptors (Lipinski definition) is 0. The predicted octanol–water partition coefficient (Wildman–Crippen LogP) is 0.339. The van der Waals surface area contributed by atoms with Crippen LogP contribution >= 0.6 is 0 Å². The molecule has 0 aromatic carbocycles. The molecule has 0 spiro atoms. The van der Waals surface area contributed by atoms with Crippen molar-refractivity contribution in [2.75, 3.05) is 0 Å². The van der Waals surface area contributed by atoms with Crippen molar-refractivity contribution in [1.82, 2.24) is 0 Å². The Hall–Kier alpha value is -0.850. The summed E-state index contributed by atoms with van der Waals surface area (Å²) < 4.78 is 0. The maximum Gasteiger partial charge on any atom is 0.160 e. The first-order chi connectivity index (χ1) is 3.68. The third kappa shape index (κ3) is 2.35. The molecule has 0 fully saturated rings. The molecule has 0 atom stereocenters. The zero-order chi connectivity index (χ0) is 6.57. The quantitative estimate of drug-likeness (QED) is 0.392. The van der Waals surface area contributed by atoms with E-state index in [-0.39, 0.29) is 0 Å². The van der Waals surface area contributed by atoms with Gasteiger partial charge in [0.2, 0.25) is 0 Å². The lowest BCUT2D eigenvalue weighted by Crippen LogP contribution is -2.28. The molecule has 1 nitrogen and oxygen atoms in total. The highest BCUT2D eigenvalue weighted by Gasteiger charge is 1.84. The summed E-state index contributed by atoms with van der Waals surface area (Å²) in [5.74, 6) is 0. The Labute approximate surface area is 50.2 Å². The van der Waals surface area contributed by atoms with Crippen molar-refractivity contribution in [3.63, 3.8) is 0 Å². The summed E-state index contributed by atoms with van der Waals surface area (Å²) in [7, 11) is 0. The van der Waals surface area contributed by atoms with E-state index in [0.717, 1.165) is 11.1 Å². The molecule has 0 aliphatic heterocycles. The van der Waals surface area contributed by atoms with E-state index in [1.807, 2.05) is 19.9 Å². The topological polar surface area (TPSA) is 25.6 Å². The number of hydrogen-bond donors (Lipinski definition) is 1. The van der Waals surface area contributed by atoms with Crippen LogP contribution in [0, 0.1) is 0 Å². The van der Waals surface area contributed by atoms with Crippen LogP contribution in [-0.2, 0) is 0 Å². The SMILES string of the molecule is C=C(C)/C(C)=C\C=[NH2+]. The molecule has 0 rings (SSSR count). The summed E-state index contributed by atoms with van der Waals surface area (Å²) in [6.07, 6.45) is 3.35. The van der Waals surface area contributed by atoms with Gasteiger partial charge in [0.05, 0.1) is 0 Å². The molecule has 0 bridgehead atoms. The van der Waals surface area contributed by atoms with E-state index < -0.39 is 0 Å². The van der Waals surface area contributed by atoms with Crippen molar-refractivity contribution in [2.45, 2.75) is 13.8 Å². The first-order valence-corrected chi connectivity index (χ1v) is 2.56. The Balaban J connectivity index is 3.99. The predicted molar refractivity (Wildman–Crippen MR) is 36.6 cm³/mol. The van der Waals surface area contributed by atoms with Gasteiger partial charge in [0.25, 0.3) is 0 Å². The minimum absolute atomic E-state index is 1.06. The van der Waals surface area contributed by atoms with E-state index in [9.17, 15) is 0 Å². The minimum Gasteiger partial charge on any atom is -0.260 e. The van der Waals surface area contributed by atoms with Crippen molar-refractivity contribution in [3.8, 4) is 0 Å². The molecule has 0 amide bonds. The molecule has 0 aromatic rings. The van der Waals surface area contributed by atoms with Gasteiger partial charge in [-0.15, -0.1) is 0 Å². The van der Waals surface area contributed by atoms with Crippen LogP contribution in [0.5, 0.6) is 0 Å². The van der Waals surface area contributed by atoms with Crippen molar-refractivity contribution in [3.05, 3.63) is 23.8 Å². The van der Waals surface area contributed by atoms with E-state index in [1.165, 1.54) is 6.21 Å². The molecule has 0 aromatic heterocycles. The van der Waals surface area contributed by atoms with Crippen LogP contribution in [0.4, 0.5) is 0 Å². The minimum atomic E-state index is 1.06. The summed E-state index contributed by atoms with van der Waals surface area (Å²) >= 11 is 0.